The number of aromatic nitrogens is 1. The molecule has 3 heteroatoms. The van der Waals surface area contributed by atoms with Crippen molar-refractivity contribution in [3.05, 3.63) is 53.3 Å². The van der Waals surface area contributed by atoms with Crippen LogP contribution in [-0.4, -0.2) is 17.7 Å². The molecule has 3 nitrogen and oxygen atoms in total. The van der Waals surface area contributed by atoms with Crippen LogP contribution in [0.2, 0.25) is 0 Å². The minimum Gasteiger partial charge on any atom is -0.496 e. The number of ether oxygens (including phenoxy) is 2. The first-order valence-electron chi connectivity index (χ1n) is 9.34. The number of rotatable bonds is 6. The molecule has 0 N–H and O–H groups in total. The quantitative estimate of drug-likeness (QED) is 0.650. The highest BCUT2D eigenvalue weighted by molar-refractivity contribution is 5.55. The van der Waals surface area contributed by atoms with Crippen LogP contribution in [0.15, 0.2) is 36.7 Å². The minimum atomic E-state index is -0.200. The van der Waals surface area contributed by atoms with Crippen LogP contribution in [0.3, 0.4) is 0 Å². The van der Waals surface area contributed by atoms with Crippen molar-refractivity contribution < 1.29 is 9.47 Å². The lowest BCUT2D eigenvalue weighted by molar-refractivity contribution is 0.0762. The second-order valence-electron chi connectivity index (χ2n) is 7.57. The molecule has 0 amide bonds. The molecule has 0 spiro atoms. The van der Waals surface area contributed by atoms with Crippen molar-refractivity contribution in [1.82, 2.24) is 4.98 Å². The summed E-state index contributed by atoms with van der Waals surface area (Å²) in [4.78, 5) is 4.17. The Hall–Kier alpha value is -2.03. The number of fused-ring (bicyclic) bond motifs is 1. The number of unbranched alkanes of at least 4 members (excludes halogenated alkanes) is 2. The molecule has 0 bridgehead atoms. The van der Waals surface area contributed by atoms with Crippen LogP contribution in [0.5, 0.6) is 11.5 Å². The minimum absolute atomic E-state index is 0.200. The molecular formula is C22H29NO2. The van der Waals surface area contributed by atoms with Crippen molar-refractivity contribution >= 4 is 0 Å². The van der Waals surface area contributed by atoms with Gasteiger partial charge in [0.25, 0.3) is 0 Å². The summed E-state index contributed by atoms with van der Waals surface area (Å²) in [7, 11) is 1.76. The van der Waals surface area contributed by atoms with Crippen molar-refractivity contribution in [2.45, 2.75) is 64.4 Å². The predicted octanol–water partition coefficient (Wildman–Crippen LogP) is 5.52. The monoisotopic (exact) mass is 339 g/mol. The highest BCUT2D eigenvalue weighted by atomic mass is 16.5. The lowest BCUT2D eigenvalue weighted by atomic mass is 9.79. The zero-order valence-electron chi connectivity index (χ0n) is 15.8. The number of hydrogen-bond acceptors (Lipinski definition) is 3. The Bertz CT molecular complexity index is 709. The average Bonchev–Trinajstić information content (AvgIpc) is 2.60. The predicted molar refractivity (Wildman–Crippen MR) is 102 cm³/mol. The normalized spacial score (nSPS) is 18.3. The molecule has 134 valence electrons. The van der Waals surface area contributed by atoms with Gasteiger partial charge in [0, 0.05) is 23.9 Å². The van der Waals surface area contributed by atoms with E-state index in [4.69, 9.17) is 9.47 Å². The second kappa shape index (κ2) is 7.47. The first-order chi connectivity index (χ1) is 12.0. The van der Waals surface area contributed by atoms with E-state index in [0.29, 0.717) is 0 Å². The average molecular weight is 339 g/mol. The topological polar surface area (TPSA) is 31.4 Å². The number of benzene rings is 1. The summed E-state index contributed by atoms with van der Waals surface area (Å²) in [5, 5.41) is 0. The van der Waals surface area contributed by atoms with Gasteiger partial charge in [-0.05, 0) is 68.5 Å². The molecule has 0 radical (unpaired) electrons. The maximum Gasteiger partial charge on any atom is 0.127 e. The standard InChI is InChI=1S/C22H29NO2/c1-5-6-7-8-16-13-19(24-4)21-18(17-9-11-23-12-10-17)15-22(2,3)25-20(21)14-16/h9-14,18H,5-8,15H2,1-4H3. The summed E-state index contributed by atoms with van der Waals surface area (Å²) in [5.41, 5.74) is 3.54. The number of aryl methyl sites for hydroxylation is 1. The van der Waals surface area contributed by atoms with E-state index in [0.717, 1.165) is 24.3 Å². The van der Waals surface area contributed by atoms with Gasteiger partial charge in [0.05, 0.1) is 7.11 Å². The lowest BCUT2D eigenvalue weighted by Gasteiger charge is -2.39. The Kier molecular flexibility index (Phi) is 5.31. The molecule has 1 aliphatic heterocycles. The SMILES string of the molecule is CCCCCc1cc(OC)c2c(c1)OC(C)(C)CC2c1ccncc1. The van der Waals surface area contributed by atoms with E-state index in [-0.39, 0.29) is 11.5 Å². The maximum atomic E-state index is 6.36. The molecule has 2 heterocycles. The molecule has 0 saturated carbocycles. The Balaban J connectivity index is 2.04. The van der Waals surface area contributed by atoms with Crippen molar-refractivity contribution in [1.29, 1.82) is 0 Å². The number of hydrogen-bond donors (Lipinski definition) is 0. The van der Waals surface area contributed by atoms with Gasteiger partial charge in [-0.1, -0.05) is 19.8 Å². The molecule has 1 unspecified atom stereocenters. The molecule has 0 saturated heterocycles. The Morgan fingerprint density at radius 1 is 1.20 bits per heavy atom. The van der Waals surface area contributed by atoms with Crippen LogP contribution in [0.1, 0.15) is 69.1 Å². The molecule has 2 aromatic rings. The van der Waals surface area contributed by atoms with E-state index in [2.05, 4.69) is 50.0 Å². The molecule has 1 atom stereocenters. The molecule has 0 aliphatic carbocycles. The van der Waals surface area contributed by atoms with E-state index in [9.17, 15) is 0 Å². The summed E-state index contributed by atoms with van der Waals surface area (Å²) in [6.07, 6.45) is 9.42. The van der Waals surface area contributed by atoms with E-state index >= 15 is 0 Å². The fourth-order valence-electron chi connectivity index (χ4n) is 3.79. The highest BCUT2D eigenvalue weighted by Gasteiger charge is 2.37. The molecule has 3 rings (SSSR count). The zero-order valence-corrected chi connectivity index (χ0v) is 15.8. The van der Waals surface area contributed by atoms with Crippen LogP contribution in [0.25, 0.3) is 0 Å². The molecular weight excluding hydrogens is 310 g/mol. The highest BCUT2D eigenvalue weighted by Crippen LogP contribution is 2.48. The van der Waals surface area contributed by atoms with Crippen molar-refractivity contribution in [3.63, 3.8) is 0 Å². The first-order valence-corrected chi connectivity index (χ1v) is 9.34. The zero-order chi connectivity index (χ0) is 17.9. The van der Waals surface area contributed by atoms with Gasteiger partial charge in [-0.25, -0.2) is 0 Å². The third-order valence-corrected chi connectivity index (χ3v) is 4.99. The van der Waals surface area contributed by atoms with Crippen LogP contribution in [0.4, 0.5) is 0 Å². The molecule has 25 heavy (non-hydrogen) atoms. The molecule has 1 aromatic heterocycles. The summed E-state index contributed by atoms with van der Waals surface area (Å²) in [6, 6.07) is 8.63. The fourth-order valence-corrected chi connectivity index (χ4v) is 3.79. The van der Waals surface area contributed by atoms with Gasteiger partial charge in [0.2, 0.25) is 0 Å². The van der Waals surface area contributed by atoms with Gasteiger partial charge >= 0.3 is 0 Å². The van der Waals surface area contributed by atoms with Gasteiger partial charge < -0.3 is 9.47 Å². The Morgan fingerprint density at radius 3 is 2.64 bits per heavy atom. The van der Waals surface area contributed by atoms with Gasteiger partial charge in [-0.3, -0.25) is 4.98 Å². The first kappa shape index (κ1) is 17.8. The summed E-state index contributed by atoms with van der Waals surface area (Å²) in [5.74, 6) is 2.19. The smallest absolute Gasteiger partial charge is 0.127 e. The third-order valence-electron chi connectivity index (χ3n) is 4.99. The fraction of sp³-hybridized carbons (Fsp3) is 0.500. The van der Waals surface area contributed by atoms with Gasteiger partial charge in [-0.2, -0.15) is 0 Å². The maximum absolute atomic E-state index is 6.36. The van der Waals surface area contributed by atoms with Crippen molar-refractivity contribution in [3.8, 4) is 11.5 Å². The summed E-state index contributed by atoms with van der Waals surface area (Å²) < 4.78 is 12.1. The summed E-state index contributed by atoms with van der Waals surface area (Å²) >= 11 is 0. The van der Waals surface area contributed by atoms with Crippen molar-refractivity contribution in [2.24, 2.45) is 0 Å². The van der Waals surface area contributed by atoms with Crippen molar-refractivity contribution in [2.75, 3.05) is 7.11 Å². The summed E-state index contributed by atoms with van der Waals surface area (Å²) in [6.45, 7) is 6.57. The third kappa shape index (κ3) is 3.97. The molecule has 1 aromatic carbocycles. The van der Waals surface area contributed by atoms with Crippen LogP contribution in [-0.2, 0) is 6.42 Å². The van der Waals surface area contributed by atoms with E-state index in [1.165, 1.54) is 36.0 Å². The van der Waals surface area contributed by atoms with Crippen LogP contribution < -0.4 is 9.47 Å². The van der Waals surface area contributed by atoms with E-state index in [1.54, 1.807) is 7.11 Å². The second-order valence-corrected chi connectivity index (χ2v) is 7.57. The largest absolute Gasteiger partial charge is 0.496 e. The molecule has 0 fully saturated rings. The Morgan fingerprint density at radius 2 is 1.96 bits per heavy atom. The Labute approximate surface area is 151 Å². The van der Waals surface area contributed by atoms with E-state index < -0.39 is 0 Å². The lowest BCUT2D eigenvalue weighted by Crippen LogP contribution is -2.35. The van der Waals surface area contributed by atoms with Crippen LogP contribution >= 0.6 is 0 Å². The number of methoxy groups -OCH3 is 1. The number of nitrogens with zero attached hydrogens (tertiary/aromatic N) is 1. The van der Waals surface area contributed by atoms with Gasteiger partial charge in [0.1, 0.15) is 17.1 Å². The van der Waals surface area contributed by atoms with Gasteiger partial charge in [-0.15, -0.1) is 0 Å². The van der Waals surface area contributed by atoms with Gasteiger partial charge in [0.15, 0.2) is 0 Å². The van der Waals surface area contributed by atoms with E-state index in [1.807, 2.05) is 12.4 Å². The number of pyridine rings is 1. The van der Waals surface area contributed by atoms with Crippen LogP contribution in [0, 0.1) is 0 Å². The molecule has 1 aliphatic rings.